The van der Waals surface area contributed by atoms with E-state index >= 15 is 0 Å². The molecular weight excluding hydrogens is 288 g/mol. The van der Waals surface area contributed by atoms with Crippen LogP contribution in [-0.4, -0.2) is 22.2 Å². The van der Waals surface area contributed by atoms with Gasteiger partial charge in [-0.2, -0.15) is 0 Å². The molecule has 6 nitrogen and oxygen atoms in total. The van der Waals surface area contributed by atoms with Crippen molar-refractivity contribution in [3.05, 3.63) is 29.3 Å². The number of nitrogen functional groups attached to an aromatic ring is 1. The molecular formula is C11H11ClN4O2S. The molecule has 2 aromatic rings. The summed E-state index contributed by atoms with van der Waals surface area (Å²) >= 11 is 6.92. The maximum atomic E-state index is 11.8. The highest BCUT2D eigenvalue weighted by Gasteiger charge is 2.16. The molecule has 8 heteroatoms. The van der Waals surface area contributed by atoms with Crippen molar-refractivity contribution < 1.29 is 9.53 Å². The van der Waals surface area contributed by atoms with Gasteiger partial charge in [-0.25, -0.2) is 0 Å². The van der Waals surface area contributed by atoms with Crippen molar-refractivity contribution in [1.29, 1.82) is 0 Å². The highest BCUT2D eigenvalue weighted by molar-refractivity contribution is 7.18. The minimum atomic E-state index is -0.691. The molecule has 0 radical (unpaired) electrons. The molecule has 1 heterocycles. The van der Waals surface area contributed by atoms with Crippen LogP contribution < -0.4 is 15.8 Å². The number of aromatic nitrogens is 2. The van der Waals surface area contributed by atoms with Crippen LogP contribution in [0.15, 0.2) is 24.3 Å². The molecule has 19 heavy (non-hydrogen) atoms. The number of carbonyl (C=O) groups excluding carboxylic acids is 1. The first-order valence-electron chi connectivity index (χ1n) is 5.36. The van der Waals surface area contributed by atoms with Crippen LogP contribution >= 0.6 is 22.9 Å². The number of ether oxygens (including phenoxy) is 1. The summed E-state index contributed by atoms with van der Waals surface area (Å²) in [6.07, 6.45) is -0.691. The zero-order chi connectivity index (χ0) is 13.8. The lowest BCUT2D eigenvalue weighted by Gasteiger charge is -2.13. The number of nitrogens with two attached hydrogens (primary N) is 1. The third-order valence-electron chi connectivity index (χ3n) is 2.15. The molecule has 0 spiro atoms. The Bertz CT molecular complexity index is 590. The summed E-state index contributed by atoms with van der Waals surface area (Å²) in [4.78, 5) is 11.8. The molecule has 0 aliphatic carbocycles. The Morgan fingerprint density at radius 3 is 2.95 bits per heavy atom. The molecule has 0 saturated heterocycles. The van der Waals surface area contributed by atoms with Crippen molar-refractivity contribution >= 4 is 39.1 Å². The lowest BCUT2D eigenvalue weighted by molar-refractivity contribution is -0.122. The van der Waals surface area contributed by atoms with Gasteiger partial charge in [-0.15, -0.1) is 10.2 Å². The van der Waals surface area contributed by atoms with E-state index in [1.54, 1.807) is 31.2 Å². The van der Waals surface area contributed by atoms with Crippen LogP contribution in [-0.2, 0) is 4.79 Å². The van der Waals surface area contributed by atoms with E-state index in [1.807, 2.05) is 0 Å². The number of carbonyl (C=O) groups is 1. The van der Waals surface area contributed by atoms with E-state index in [0.29, 0.717) is 21.0 Å². The fourth-order valence-electron chi connectivity index (χ4n) is 1.29. The van der Waals surface area contributed by atoms with E-state index in [2.05, 4.69) is 15.5 Å². The van der Waals surface area contributed by atoms with Gasteiger partial charge in [-0.05, 0) is 25.1 Å². The Balaban J connectivity index is 1.96. The van der Waals surface area contributed by atoms with Crippen LogP contribution in [0.3, 0.4) is 0 Å². The summed E-state index contributed by atoms with van der Waals surface area (Å²) in [5, 5.41) is 11.0. The van der Waals surface area contributed by atoms with Crippen LogP contribution in [0.25, 0.3) is 0 Å². The summed E-state index contributed by atoms with van der Waals surface area (Å²) in [6.45, 7) is 1.63. The fraction of sp³-hybridized carbons (Fsp3) is 0.182. The second-order valence-electron chi connectivity index (χ2n) is 3.65. The molecule has 1 aromatic heterocycles. The van der Waals surface area contributed by atoms with Crippen molar-refractivity contribution in [3.8, 4) is 5.75 Å². The minimum Gasteiger partial charge on any atom is -0.481 e. The molecule has 0 bridgehead atoms. The number of halogens is 1. The monoisotopic (exact) mass is 298 g/mol. The van der Waals surface area contributed by atoms with E-state index in [-0.39, 0.29) is 5.91 Å². The van der Waals surface area contributed by atoms with Gasteiger partial charge in [0.25, 0.3) is 5.91 Å². The number of nitrogens with one attached hydrogen (secondary N) is 1. The zero-order valence-electron chi connectivity index (χ0n) is 9.96. The molecule has 1 aromatic carbocycles. The number of rotatable bonds is 4. The number of amides is 1. The molecule has 2 rings (SSSR count). The normalized spacial score (nSPS) is 11.9. The molecule has 0 aliphatic rings. The van der Waals surface area contributed by atoms with Gasteiger partial charge in [-0.3, -0.25) is 10.1 Å². The molecule has 0 aliphatic heterocycles. The average Bonchev–Trinajstić information content (AvgIpc) is 2.74. The summed E-state index contributed by atoms with van der Waals surface area (Å²) in [6, 6.07) is 6.82. The summed E-state index contributed by atoms with van der Waals surface area (Å²) in [5.41, 5.74) is 5.42. The van der Waals surface area contributed by atoms with Gasteiger partial charge in [-0.1, -0.05) is 29.0 Å². The Morgan fingerprint density at radius 2 is 2.32 bits per heavy atom. The number of benzene rings is 1. The fourth-order valence-corrected chi connectivity index (χ4v) is 1.98. The van der Waals surface area contributed by atoms with Crippen LogP contribution in [0.4, 0.5) is 10.3 Å². The van der Waals surface area contributed by atoms with Gasteiger partial charge >= 0.3 is 0 Å². The van der Waals surface area contributed by atoms with Crippen molar-refractivity contribution in [1.82, 2.24) is 10.2 Å². The first kappa shape index (κ1) is 13.6. The zero-order valence-corrected chi connectivity index (χ0v) is 11.5. The topological polar surface area (TPSA) is 90.1 Å². The molecule has 1 amide bonds. The van der Waals surface area contributed by atoms with Gasteiger partial charge in [0.2, 0.25) is 10.3 Å². The van der Waals surface area contributed by atoms with Crippen molar-refractivity contribution in [3.63, 3.8) is 0 Å². The Labute approximate surface area is 118 Å². The third kappa shape index (κ3) is 3.80. The van der Waals surface area contributed by atoms with Gasteiger partial charge in [0.05, 0.1) is 0 Å². The van der Waals surface area contributed by atoms with Crippen LogP contribution in [0.2, 0.25) is 5.02 Å². The predicted molar refractivity (Wildman–Crippen MR) is 74.5 cm³/mol. The maximum Gasteiger partial charge on any atom is 0.266 e. The molecule has 0 fully saturated rings. The summed E-state index contributed by atoms with van der Waals surface area (Å²) < 4.78 is 5.46. The molecule has 3 N–H and O–H groups in total. The van der Waals surface area contributed by atoms with Crippen LogP contribution in [0, 0.1) is 0 Å². The second kappa shape index (κ2) is 5.85. The lowest BCUT2D eigenvalue weighted by Crippen LogP contribution is -2.30. The third-order valence-corrected chi connectivity index (χ3v) is 3.05. The standard InChI is InChI=1S/C11H11ClN4O2S/c1-6(18-8-4-2-3-7(12)5-8)9(17)14-11-16-15-10(13)19-11/h2-6H,1H3,(H2,13,15)(H,14,16,17). The van der Waals surface area contributed by atoms with Gasteiger partial charge in [0.1, 0.15) is 5.75 Å². The quantitative estimate of drug-likeness (QED) is 0.903. The van der Waals surface area contributed by atoms with Crippen molar-refractivity contribution in [2.75, 3.05) is 11.1 Å². The van der Waals surface area contributed by atoms with E-state index in [1.165, 1.54) is 0 Å². The largest absolute Gasteiger partial charge is 0.481 e. The first-order valence-corrected chi connectivity index (χ1v) is 6.56. The summed E-state index contributed by atoms with van der Waals surface area (Å²) in [5.74, 6) is 0.183. The molecule has 1 atom stereocenters. The minimum absolute atomic E-state index is 0.290. The Hall–Kier alpha value is -1.86. The van der Waals surface area contributed by atoms with E-state index in [9.17, 15) is 4.79 Å². The number of hydrogen-bond acceptors (Lipinski definition) is 6. The summed E-state index contributed by atoms with van der Waals surface area (Å²) in [7, 11) is 0. The van der Waals surface area contributed by atoms with Crippen LogP contribution in [0.1, 0.15) is 6.92 Å². The van der Waals surface area contributed by atoms with Gasteiger partial charge < -0.3 is 10.5 Å². The first-order chi connectivity index (χ1) is 9.04. The molecule has 1 unspecified atom stereocenters. The van der Waals surface area contributed by atoms with Crippen molar-refractivity contribution in [2.24, 2.45) is 0 Å². The van der Waals surface area contributed by atoms with Crippen molar-refractivity contribution in [2.45, 2.75) is 13.0 Å². The van der Waals surface area contributed by atoms with Crippen LogP contribution in [0.5, 0.6) is 5.75 Å². The second-order valence-corrected chi connectivity index (χ2v) is 5.10. The highest BCUT2D eigenvalue weighted by Crippen LogP contribution is 2.20. The number of anilines is 2. The van der Waals surface area contributed by atoms with E-state index in [4.69, 9.17) is 22.1 Å². The van der Waals surface area contributed by atoms with E-state index in [0.717, 1.165) is 11.3 Å². The van der Waals surface area contributed by atoms with Gasteiger partial charge in [0.15, 0.2) is 6.10 Å². The Kier molecular flexibility index (Phi) is 4.18. The number of nitrogens with zero attached hydrogens (tertiary/aromatic N) is 2. The average molecular weight is 299 g/mol. The van der Waals surface area contributed by atoms with Gasteiger partial charge in [0, 0.05) is 5.02 Å². The maximum absolute atomic E-state index is 11.8. The smallest absolute Gasteiger partial charge is 0.266 e. The predicted octanol–water partition coefficient (Wildman–Crippen LogP) is 2.18. The number of hydrogen-bond donors (Lipinski definition) is 2. The molecule has 100 valence electrons. The highest BCUT2D eigenvalue weighted by atomic mass is 35.5. The lowest BCUT2D eigenvalue weighted by atomic mass is 10.3. The SMILES string of the molecule is CC(Oc1cccc(Cl)c1)C(=O)Nc1nnc(N)s1. The molecule has 0 saturated carbocycles. The van der Waals surface area contributed by atoms with E-state index < -0.39 is 6.10 Å². The Morgan fingerprint density at radius 1 is 1.53 bits per heavy atom.